The Bertz CT molecular complexity index is 490. The normalized spacial score (nSPS) is 12.9. The number of rotatable bonds is 4. The van der Waals surface area contributed by atoms with E-state index in [0.29, 0.717) is 6.54 Å². The third-order valence-electron chi connectivity index (χ3n) is 2.81. The zero-order chi connectivity index (χ0) is 12.4. The van der Waals surface area contributed by atoms with Crippen LogP contribution in [0.25, 0.3) is 0 Å². The summed E-state index contributed by atoms with van der Waals surface area (Å²) < 4.78 is 7.14. The van der Waals surface area contributed by atoms with Crippen LogP contribution in [0.15, 0.2) is 22.8 Å². The van der Waals surface area contributed by atoms with Crippen molar-refractivity contribution in [2.24, 2.45) is 7.05 Å². The van der Waals surface area contributed by atoms with Crippen molar-refractivity contribution in [1.29, 1.82) is 0 Å². The van der Waals surface area contributed by atoms with E-state index in [1.54, 1.807) is 10.9 Å². The highest BCUT2D eigenvalue weighted by Gasteiger charge is 2.13. The summed E-state index contributed by atoms with van der Waals surface area (Å²) >= 11 is 6.18. The zero-order valence-electron chi connectivity index (χ0n) is 10.2. The van der Waals surface area contributed by atoms with Crippen molar-refractivity contribution in [2.45, 2.75) is 26.4 Å². The molecule has 0 saturated carbocycles. The van der Waals surface area contributed by atoms with E-state index in [1.165, 1.54) is 0 Å². The van der Waals surface area contributed by atoms with Crippen molar-refractivity contribution in [1.82, 2.24) is 15.1 Å². The van der Waals surface area contributed by atoms with Crippen LogP contribution in [-0.4, -0.2) is 9.78 Å². The van der Waals surface area contributed by atoms with Gasteiger partial charge in [0.05, 0.1) is 28.7 Å². The molecule has 5 heteroatoms. The minimum absolute atomic E-state index is 0.149. The molecule has 0 bridgehead atoms. The number of halogens is 1. The molecule has 0 spiro atoms. The molecule has 0 aliphatic carbocycles. The van der Waals surface area contributed by atoms with E-state index in [2.05, 4.69) is 17.3 Å². The lowest BCUT2D eigenvalue weighted by Gasteiger charge is -2.11. The molecule has 1 N–H and O–H groups in total. The van der Waals surface area contributed by atoms with Crippen molar-refractivity contribution in [3.8, 4) is 0 Å². The van der Waals surface area contributed by atoms with Crippen molar-refractivity contribution in [3.63, 3.8) is 0 Å². The van der Waals surface area contributed by atoms with E-state index in [1.807, 2.05) is 26.1 Å². The molecule has 0 saturated heterocycles. The highest BCUT2D eigenvalue weighted by Crippen LogP contribution is 2.20. The Kier molecular flexibility index (Phi) is 3.54. The van der Waals surface area contributed by atoms with Crippen LogP contribution in [0.2, 0.25) is 5.02 Å². The number of nitrogens with zero attached hydrogens (tertiary/aromatic N) is 2. The Labute approximate surface area is 106 Å². The molecule has 0 amide bonds. The summed E-state index contributed by atoms with van der Waals surface area (Å²) in [6.45, 7) is 4.62. The maximum absolute atomic E-state index is 6.18. The van der Waals surface area contributed by atoms with E-state index in [0.717, 1.165) is 22.2 Å². The van der Waals surface area contributed by atoms with Gasteiger partial charge in [0, 0.05) is 13.6 Å². The molecule has 1 atom stereocenters. The van der Waals surface area contributed by atoms with E-state index in [4.69, 9.17) is 16.0 Å². The first-order chi connectivity index (χ1) is 8.09. The van der Waals surface area contributed by atoms with Gasteiger partial charge in [-0.3, -0.25) is 4.68 Å². The van der Waals surface area contributed by atoms with E-state index in [-0.39, 0.29) is 6.04 Å². The lowest BCUT2D eigenvalue weighted by Crippen LogP contribution is -2.19. The van der Waals surface area contributed by atoms with Gasteiger partial charge in [-0.05, 0) is 26.0 Å². The minimum Gasteiger partial charge on any atom is -0.468 e. The van der Waals surface area contributed by atoms with Crippen molar-refractivity contribution < 1.29 is 4.42 Å². The smallest absolute Gasteiger partial charge is 0.120 e. The summed E-state index contributed by atoms with van der Waals surface area (Å²) in [5.74, 6) is 0.917. The number of aryl methyl sites for hydroxylation is 2. The summed E-state index contributed by atoms with van der Waals surface area (Å²) in [7, 11) is 1.90. The molecule has 0 fully saturated rings. The van der Waals surface area contributed by atoms with Crippen LogP contribution in [0, 0.1) is 6.92 Å². The average Bonchev–Trinajstić information content (AvgIpc) is 2.88. The molecule has 0 aliphatic rings. The molecule has 0 aromatic carbocycles. The molecular formula is C12H16ClN3O. The van der Waals surface area contributed by atoms with Gasteiger partial charge in [-0.15, -0.1) is 0 Å². The van der Waals surface area contributed by atoms with Crippen LogP contribution in [0.3, 0.4) is 0 Å². The average molecular weight is 254 g/mol. The molecule has 0 unspecified atom stereocenters. The summed E-state index contributed by atoms with van der Waals surface area (Å²) in [6, 6.07) is 3.99. The minimum atomic E-state index is 0.149. The fourth-order valence-corrected chi connectivity index (χ4v) is 1.99. The van der Waals surface area contributed by atoms with Gasteiger partial charge in [-0.25, -0.2) is 0 Å². The predicted molar refractivity (Wildman–Crippen MR) is 66.9 cm³/mol. The highest BCUT2D eigenvalue weighted by molar-refractivity contribution is 6.31. The predicted octanol–water partition coefficient (Wildman–Crippen LogP) is 2.83. The summed E-state index contributed by atoms with van der Waals surface area (Å²) in [5, 5.41) is 8.36. The van der Waals surface area contributed by atoms with Crippen molar-refractivity contribution in [3.05, 3.63) is 40.6 Å². The molecule has 2 aromatic rings. The second kappa shape index (κ2) is 4.94. The van der Waals surface area contributed by atoms with Crippen LogP contribution in [0.4, 0.5) is 0 Å². The van der Waals surface area contributed by atoms with E-state index < -0.39 is 0 Å². The van der Waals surface area contributed by atoms with Crippen molar-refractivity contribution >= 4 is 11.6 Å². The summed E-state index contributed by atoms with van der Waals surface area (Å²) in [5.41, 5.74) is 1.85. The first-order valence-corrected chi connectivity index (χ1v) is 5.92. The number of aromatic nitrogens is 2. The van der Waals surface area contributed by atoms with Gasteiger partial charge in [0.1, 0.15) is 5.76 Å². The molecule has 17 heavy (non-hydrogen) atoms. The van der Waals surface area contributed by atoms with E-state index in [9.17, 15) is 0 Å². The fraction of sp³-hybridized carbons (Fsp3) is 0.417. The molecular weight excluding hydrogens is 238 g/mol. The second-order valence-electron chi connectivity index (χ2n) is 4.09. The third kappa shape index (κ3) is 2.53. The number of nitrogens with one attached hydrogen (secondary N) is 1. The first-order valence-electron chi connectivity index (χ1n) is 5.54. The Morgan fingerprint density at radius 2 is 2.35 bits per heavy atom. The summed E-state index contributed by atoms with van der Waals surface area (Å²) in [6.07, 6.45) is 1.68. The molecule has 2 heterocycles. The molecule has 92 valence electrons. The van der Waals surface area contributed by atoms with Gasteiger partial charge in [-0.2, -0.15) is 5.10 Å². The second-order valence-corrected chi connectivity index (χ2v) is 4.47. The number of hydrogen-bond acceptors (Lipinski definition) is 3. The highest BCUT2D eigenvalue weighted by atomic mass is 35.5. The Hall–Kier alpha value is -1.26. The quantitative estimate of drug-likeness (QED) is 0.911. The largest absolute Gasteiger partial charge is 0.468 e. The topological polar surface area (TPSA) is 43.0 Å². The van der Waals surface area contributed by atoms with Gasteiger partial charge < -0.3 is 9.73 Å². The van der Waals surface area contributed by atoms with Gasteiger partial charge in [-0.1, -0.05) is 11.6 Å². The SMILES string of the molecule is Cc1nn(C)c(CN[C@H](C)c2ccco2)c1Cl. The van der Waals surface area contributed by atoms with Crippen molar-refractivity contribution in [2.75, 3.05) is 0 Å². The Balaban J connectivity index is 2.03. The van der Waals surface area contributed by atoms with Crippen LogP contribution in [-0.2, 0) is 13.6 Å². The van der Waals surface area contributed by atoms with Crippen LogP contribution < -0.4 is 5.32 Å². The van der Waals surface area contributed by atoms with Gasteiger partial charge >= 0.3 is 0 Å². The van der Waals surface area contributed by atoms with Gasteiger partial charge in [0.15, 0.2) is 0 Å². The lowest BCUT2D eigenvalue weighted by molar-refractivity contribution is 0.426. The molecule has 2 rings (SSSR count). The molecule has 0 aliphatic heterocycles. The Morgan fingerprint density at radius 3 is 2.88 bits per heavy atom. The monoisotopic (exact) mass is 253 g/mol. The standard InChI is InChI=1S/C12H16ClN3O/c1-8(11-5-4-6-17-11)14-7-10-12(13)9(2)15-16(10)3/h4-6,8,14H,7H2,1-3H3/t8-/m1/s1. The maximum atomic E-state index is 6.18. The van der Waals surface area contributed by atoms with Gasteiger partial charge in [0.25, 0.3) is 0 Å². The number of furan rings is 1. The van der Waals surface area contributed by atoms with E-state index >= 15 is 0 Å². The molecule has 0 radical (unpaired) electrons. The van der Waals surface area contributed by atoms with Crippen LogP contribution >= 0.6 is 11.6 Å². The lowest BCUT2D eigenvalue weighted by atomic mass is 10.2. The van der Waals surface area contributed by atoms with Crippen LogP contribution in [0.5, 0.6) is 0 Å². The zero-order valence-corrected chi connectivity index (χ0v) is 11.0. The van der Waals surface area contributed by atoms with Gasteiger partial charge in [0.2, 0.25) is 0 Å². The molecule has 4 nitrogen and oxygen atoms in total. The summed E-state index contributed by atoms with van der Waals surface area (Å²) in [4.78, 5) is 0. The Morgan fingerprint density at radius 1 is 1.59 bits per heavy atom. The maximum Gasteiger partial charge on any atom is 0.120 e. The molecule has 2 aromatic heterocycles. The third-order valence-corrected chi connectivity index (χ3v) is 3.30. The fourth-order valence-electron chi connectivity index (χ4n) is 1.76. The first kappa shape index (κ1) is 12.2. The van der Waals surface area contributed by atoms with Crippen LogP contribution in [0.1, 0.15) is 30.1 Å². The number of hydrogen-bond donors (Lipinski definition) is 1.